The first-order valence-electron chi connectivity index (χ1n) is 7.17. The van der Waals surface area contributed by atoms with Gasteiger partial charge in [-0.05, 0) is 37.5 Å². The summed E-state index contributed by atoms with van der Waals surface area (Å²) in [6, 6.07) is 7.01. The predicted molar refractivity (Wildman–Crippen MR) is 79.0 cm³/mol. The Morgan fingerprint density at radius 2 is 2.14 bits per heavy atom. The molecule has 1 aliphatic heterocycles. The molecule has 1 aromatic carbocycles. The van der Waals surface area contributed by atoms with Crippen LogP contribution in [-0.4, -0.2) is 41.5 Å². The number of ether oxygens (including phenoxy) is 1. The minimum absolute atomic E-state index is 0.102. The number of methoxy groups -OCH3 is 1. The summed E-state index contributed by atoms with van der Waals surface area (Å²) in [5.41, 5.74) is 1.55. The smallest absolute Gasteiger partial charge is 0.328 e. The number of fused-ring (bicyclic) bond motifs is 1. The van der Waals surface area contributed by atoms with Crippen molar-refractivity contribution in [1.82, 2.24) is 9.88 Å². The van der Waals surface area contributed by atoms with Crippen LogP contribution in [0.25, 0.3) is 10.9 Å². The molecule has 1 amide bonds. The fourth-order valence-electron chi connectivity index (χ4n) is 2.98. The van der Waals surface area contributed by atoms with Gasteiger partial charge in [-0.3, -0.25) is 4.79 Å². The zero-order valence-electron chi connectivity index (χ0n) is 12.0. The largest absolute Gasteiger partial charge is 0.467 e. The van der Waals surface area contributed by atoms with Crippen LogP contribution >= 0.6 is 0 Å². The quantitative estimate of drug-likeness (QED) is 0.862. The molecule has 1 N–H and O–H groups in total. The van der Waals surface area contributed by atoms with E-state index in [2.05, 4.69) is 4.98 Å². The van der Waals surface area contributed by atoms with Gasteiger partial charge in [0.05, 0.1) is 7.11 Å². The molecular weight excluding hydrogens is 268 g/mol. The first kappa shape index (κ1) is 13.7. The van der Waals surface area contributed by atoms with E-state index in [1.807, 2.05) is 24.4 Å². The van der Waals surface area contributed by atoms with Crippen LogP contribution in [0.1, 0.15) is 29.6 Å². The lowest BCUT2D eigenvalue weighted by molar-refractivity contribution is -0.147. The number of H-pyrrole nitrogens is 1. The van der Waals surface area contributed by atoms with Crippen LogP contribution in [0.4, 0.5) is 0 Å². The average Bonchev–Trinajstić information content (AvgIpc) is 3.02. The summed E-state index contributed by atoms with van der Waals surface area (Å²) < 4.78 is 4.84. The third-order valence-electron chi connectivity index (χ3n) is 4.06. The van der Waals surface area contributed by atoms with E-state index < -0.39 is 6.04 Å². The molecular formula is C16H18N2O3. The lowest BCUT2D eigenvalue weighted by Crippen LogP contribution is -2.48. The monoisotopic (exact) mass is 286 g/mol. The van der Waals surface area contributed by atoms with Crippen molar-refractivity contribution in [3.05, 3.63) is 36.0 Å². The van der Waals surface area contributed by atoms with E-state index in [-0.39, 0.29) is 11.9 Å². The molecule has 0 saturated carbocycles. The minimum atomic E-state index is -0.467. The van der Waals surface area contributed by atoms with Gasteiger partial charge < -0.3 is 14.6 Å². The van der Waals surface area contributed by atoms with Gasteiger partial charge in [0.25, 0.3) is 5.91 Å². The second-order valence-electron chi connectivity index (χ2n) is 5.28. The molecule has 1 aliphatic rings. The fourth-order valence-corrected chi connectivity index (χ4v) is 2.98. The summed E-state index contributed by atoms with van der Waals surface area (Å²) in [7, 11) is 1.37. The van der Waals surface area contributed by atoms with Crippen LogP contribution in [0.5, 0.6) is 0 Å². The fraction of sp³-hybridized carbons (Fsp3) is 0.375. The molecule has 110 valence electrons. The number of benzene rings is 1. The van der Waals surface area contributed by atoms with Crippen LogP contribution in [0.2, 0.25) is 0 Å². The summed E-state index contributed by atoms with van der Waals surface area (Å²) in [6.07, 6.45) is 4.34. The van der Waals surface area contributed by atoms with Crippen molar-refractivity contribution in [3.63, 3.8) is 0 Å². The number of esters is 1. The molecule has 21 heavy (non-hydrogen) atoms. The Morgan fingerprint density at radius 1 is 1.29 bits per heavy atom. The number of carbonyl (C=O) groups is 2. The van der Waals surface area contributed by atoms with Crippen molar-refractivity contribution < 1.29 is 14.3 Å². The third kappa shape index (κ3) is 2.39. The highest BCUT2D eigenvalue weighted by molar-refractivity contribution is 6.07. The number of hydrogen-bond acceptors (Lipinski definition) is 3. The second kappa shape index (κ2) is 5.60. The average molecular weight is 286 g/mol. The van der Waals surface area contributed by atoms with Crippen LogP contribution in [0, 0.1) is 0 Å². The van der Waals surface area contributed by atoms with Gasteiger partial charge >= 0.3 is 5.97 Å². The molecule has 3 rings (SSSR count). The number of nitrogens with one attached hydrogen (secondary N) is 1. The summed E-state index contributed by atoms with van der Waals surface area (Å²) in [5.74, 6) is -0.431. The normalized spacial score (nSPS) is 18.7. The molecule has 1 aromatic heterocycles. The Bertz CT molecular complexity index is 677. The lowest BCUT2D eigenvalue weighted by atomic mass is 10.00. The number of hydrogen-bond donors (Lipinski definition) is 1. The highest BCUT2D eigenvalue weighted by atomic mass is 16.5. The van der Waals surface area contributed by atoms with Crippen molar-refractivity contribution in [2.24, 2.45) is 0 Å². The van der Waals surface area contributed by atoms with Gasteiger partial charge in [0.2, 0.25) is 0 Å². The van der Waals surface area contributed by atoms with Crippen LogP contribution in [0.15, 0.2) is 30.5 Å². The Kier molecular flexibility index (Phi) is 3.64. The first-order chi connectivity index (χ1) is 10.2. The number of piperidine rings is 1. The third-order valence-corrected chi connectivity index (χ3v) is 4.06. The first-order valence-corrected chi connectivity index (χ1v) is 7.17. The van der Waals surface area contributed by atoms with Crippen LogP contribution in [0.3, 0.4) is 0 Å². The van der Waals surface area contributed by atoms with Crippen LogP contribution in [-0.2, 0) is 9.53 Å². The van der Waals surface area contributed by atoms with E-state index in [4.69, 9.17) is 4.74 Å². The molecule has 0 aliphatic carbocycles. The number of aromatic amines is 1. The number of aromatic nitrogens is 1. The number of carbonyl (C=O) groups excluding carboxylic acids is 2. The summed E-state index contributed by atoms with van der Waals surface area (Å²) in [5, 5.41) is 0.886. The van der Waals surface area contributed by atoms with Gasteiger partial charge in [0.15, 0.2) is 0 Å². The van der Waals surface area contributed by atoms with E-state index in [1.54, 1.807) is 11.0 Å². The Labute approximate surface area is 122 Å². The van der Waals surface area contributed by atoms with E-state index in [1.165, 1.54) is 7.11 Å². The van der Waals surface area contributed by atoms with Gasteiger partial charge in [0, 0.05) is 29.2 Å². The number of rotatable bonds is 2. The molecule has 0 radical (unpaired) electrons. The van der Waals surface area contributed by atoms with Crippen molar-refractivity contribution >= 4 is 22.8 Å². The molecule has 2 heterocycles. The Balaban J connectivity index is 1.96. The number of nitrogens with zero attached hydrogens (tertiary/aromatic N) is 1. The molecule has 0 spiro atoms. The topological polar surface area (TPSA) is 62.4 Å². The zero-order valence-corrected chi connectivity index (χ0v) is 12.0. The summed E-state index contributed by atoms with van der Waals surface area (Å²) in [6.45, 7) is 0.597. The lowest BCUT2D eigenvalue weighted by Gasteiger charge is -2.34. The van der Waals surface area contributed by atoms with Gasteiger partial charge in [-0.15, -0.1) is 0 Å². The molecule has 1 saturated heterocycles. The summed E-state index contributed by atoms with van der Waals surface area (Å²) in [4.78, 5) is 29.5. The molecule has 5 nitrogen and oxygen atoms in total. The van der Waals surface area contributed by atoms with Gasteiger partial charge in [-0.2, -0.15) is 0 Å². The predicted octanol–water partition coefficient (Wildman–Crippen LogP) is 2.34. The highest BCUT2D eigenvalue weighted by Crippen LogP contribution is 2.24. The molecule has 1 unspecified atom stereocenters. The molecule has 2 aromatic rings. The number of likely N-dealkylation sites (tertiary alicyclic amines) is 1. The van der Waals surface area contributed by atoms with Gasteiger partial charge in [-0.1, -0.05) is 6.07 Å². The SMILES string of the molecule is COC(=O)C1CCCCN1C(=O)c1cccc2[nH]ccc12. The van der Waals surface area contributed by atoms with E-state index >= 15 is 0 Å². The maximum atomic E-state index is 12.8. The van der Waals surface area contributed by atoms with Gasteiger partial charge in [-0.25, -0.2) is 4.79 Å². The minimum Gasteiger partial charge on any atom is -0.467 e. The maximum absolute atomic E-state index is 12.8. The van der Waals surface area contributed by atoms with Crippen LogP contribution < -0.4 is 0 Å². The molecule has 1 fully saturated rings. The Hall–Kier alpha value is -2.30. The van der Waals surface area contributed by atoms with Crippen molar-refractivity contribution in [3.8, 4) is 0 Å². The second-order valence-corrected chi connectivity index (χ2v) is 5.28. The maximum Gasteiger partial charge on any atom is 0.328 e. The van der Waals surface area contributed by atoms with Crippen molar-refractivity contribution in [2.75, 3.05) is 13.7 Å². The van der Waals surface area contributed by atoms with Crippen molar-refractivity contribution in [2.45, 2.75) is 25.3 Å². The van der Waals surface area contributed by atoms with E-state index in [0.29, 0.717) is 18.5 Å². The van der Waals surface area contributed by atoms with Crippen molar-refractivity contribution in [1.29, 1.82) is 0 Å². The molecule has 1 atom stereocenters. The number of amides is 1. The summed E-state index contributed by atoms with van der Waals surface area (Å²) >= 11 is 0. The molecule has 0 bridgehead atoms. The molecule has 5 heteroatoms. The van der Waals surface area contributed by atoms with E-state index in [9.17, 15) is 9.59 Å². The highest BCUT2D eigenvalue weighted by Gasteiger charge is 2.33. The van der Waals surface area contributed by atoms with Gasteiger partial charge in [0.1, 0.15) is 6.04 Å². The Morgan fingerprint density at radius 3 is 2.95 bits per heavy atom. The van der Waals surface area contributed by atoms with E-state index in [0.717, 1.165) is 23.7 Å². The zero-order chi connectivity index (χ0) is 14.8. The standard InChI is InChI=1S/C16H18N2O3/c1-21-16(20)14-7-2-3-10-18(14)15(19)12-5-4-6-13-11(12)8-9-17-13/h4-6,8-9,14,17H,2-3,7,10H2,1H3.